The topological polar surface area (TPSA) is 39.1 Å². The van der Waals surface area contributed by atoms with Gasteiger partial charge in [0.05, 0.1) is 11.6 Å². The molecule has 2 rings (SSSR count). The first-order valence-corrected chi connectivity index (χ1v) is 7.11. The number of nitrogens with one attached hydrogen (secondary N) is 1. The molecule has 3 heteroatoms. The highest BCUT2D eigenvalue weighted by atomic mass is 15.1. The molecule has 1 aliphatic rings. The molecule has 19 heavy (non-hydrogen) atoms. The van der Waals surface area contributed by atoms with Crippen molar-refractivity contribution in [2.75, 3.05) is 26.7 Å². The number of benzene rings is 1. The molecule has 3 nitrogen and oxygen atoms in total. The van der Waals surface area contributed by atoms with Crippen molar-refractivity contribution in [3.05, 3.63) is 35.4 Å². The van der Waals surface area contributed by atoms with E-state index in [1.54, 1.807) is 0 Å². The predicted molar refractivity (Wildman–Crippen MR) is 77.8 cm³/mol. The summed E-state index contributed by atoms with van der Waals surface area (Å²) in [7, 11) is 2.20. The first kappa shape index (κ1) is 14.0. The van der Waals surface area contributed by atoms with E-state index in [9.17, 15) is 0 Å². The van der Waals surface area contributed by atoms with Crippen LogP contribution in [0.3, 0.4) is 0 Å². The van der Waals surface area contributed by atoms with Gasteiger partial charge in [-0.1, -0.05) is 12.1 Å². The fourth-order valence-corrected chi connectivity index (χ4v) is 2.72. The molecule has 1 aromatic rings. The molecular formula is C16H23N3. The molecule has 0 radical (unpaired) electrons. The lowest BCUT2D eigenvalue weighted by Gasteiger charge is -2.31. The molecule has 1 unspecified atom stereocenters. The number of rotatable bonds is 4. The maximum Gasteiger partial charge on any atom is 0.0991 e. The third-order valence-electron chi connectivity index (χ3n) is 4.19. The third kappa shape index (κ3) is 3.79. The van der Waals surface area contributed by atoms with E-state index in [-0.39, 0.29) is 0 Å². The molecule has 0 aliphatic carbocycles. The average Bonchev–Trinajstić information content (AvgIpc) is 2.47. The van der Waals surface area contributed by atoms with E-state index in [1.165, 1.54) is 18.4 Å². The van der Waals surface area contributed by atoms with E-state index in [4.69, 9.17) is 5.26 Å². The van der Waals surface area contributed by atoms with Crippen LogP contribution in [0.2, 0.25) is 0 Å². The first-order chi connectivity index (χ1) is 9.20. The summed E-state index contributed by atoms with van der Waals surface area (Å²) in [5.41, 5.74) is 2.02. The van der Waals surface area contributed by atoms with Crippen LogP contribution >= 0.6 is 0 Å². The minimum Gasteiger partial charge on any atom is -0.317 e. The molecule has 102 valence electrons. The van der Waals surface area contributed by atoms with Gasteiger partial charge in [0.1, 0.15) is 0 Å². The molecule has 1 fully saturated rings. The highest BCUT2D eigenvalue weighted by molar-refractivity contribution is 5.32. The summed E-state index contributed by atoms with van der Waals surface area (Å²) in [6, 6.07) is 10.5. The van der Waals surface area contributed by atoms with Gasteiger partial charge in [-0.25, -0.2) is 0 Å². The monoisotopic (exact) mass is 257 g/mol. The summed E-state index contributed by atoms with van der Waals surface area (Å²) < 4.78 is 0. The van der Waals surface area contributed by atoms with E-state index in [0.29, 0.717) is 6.04 Å². The summed E-state index contributed by atoms with van der Waals surface area (Å²) >= 11 is 0. The van der Waals surface area contributed by atoms with Crippen LogP contribution in [0, 0.1) is 17.2 Å². The van der Waals surface area contributed by atoms with Gasteiger partial charge in [0.25, 0.3) is 0 Å². The smallest absolute Gasteiger partial charge is 0.0991 e. The Morgan fingerprint density at radius 3 is 2.53 bits per heavy atom. The number of hydrogen-bond acceptors (Lipinski definition) is 3. The lowest BCUT2D eigenvalue weighted by atomic mass is 9.96. The lowest BCUT2D eigenvalue weighted by Crippen LogP contribution is -2.35. The van der Waals surface area contributed by atoms with Crippen molar-refractivity contribution in [1.29, 1.82) is 5.26 Å². The van der Waals surface area contributed by atoms with Gasteiger partial charge >= 0.3 is 0 Å². The summed E-state index contributed by atoms with van der Waals surface area (Å²) in [6.07, 6.45) is 2.56. The fourth-order valence-electron chi connectivity index (χ4n) is 2.72. The Morgan fingerprint density at radius 1 is 1.32 bits per heavy atom. The van der Waals surface area contributed by atoms with Crippen LogP contribution < -0.4 is 5.32 Å². The Labute approximate surface area is 116 Å². The molecule has 0 aromatic heterocycles. The molecule has 0 spiro atoms. The Hall–Kier alpha value is -1.37. The number of nitriles is 1. The van der Waals surface area contributed by atoms with Crippen molar-refractivity contribution in [1.82, 2.24) is 10.2 Å². The molecule has 1 aromatic carbocycles. The second-order valence-corrected chi connectivity index (χ2v) is 5.54. The van der Waals surface area contributed by atoms with E-state index < -0.39 is 0 Å². The van der Waals surface area contributed by atoms with E-state index >= 15 is 0 Å². The summed E-state index contributed by atoms with van der Waals surface area (Å²) in [5.74, 6) is 0.812. The van der Waals surface area contributed by atoms with Crippen molar-refractivity contribution in [2.24, 2.45) is 5.92 Å². The quantitative estimate of drug-likeness (QED) is 0.901. The largest absolute Gasteiger partial charge is 0.317 e. The molecule has 1 atom stereocenters. The minimum atomic E-state index is 0.405. The van der Waals surface area contributed by atoms with Crippen LogP contribution in [0.1, 0.15) is 36.9 Å². The molecule has 1 N–H and O–H groups in total. The first-order valence-electron chi connectivity index (χ1n) is 7.11. The van der Waals surface area contributed by atoms with Gasteiger partial charge in [0.2, 0.25) is 0 Å². The molecule has 0 amide bonds. The second-order valence-electron chi connectivity index (χ2n) is 5.54. The van der Waals surface area contributed by atoms with Crippen LogP contribution in [0.5, 0.6) is 0 Å². The van der Waals surface area contributed by atoms with Crippen LogP contribution in [0.25, 0.3) is 0 Å². The zero-order chi connectivity index (χ0) is 13.7. The van der Waals surface area contributed by atoms with Crippen LogP contribution in [0.15, 0.2) is 24.3 Å². The van der Waals surface area contributed by atoms with Crippen LogP contribution in [0.4, 0.5) is 0 Å². The Bertz CT molecular complexity index is 426. The number of piperidine rings is 1. The maximum absolute atomic E-state index is 8.83. The van der Waals surface area contributed by atoms with Crippen molar-refractivity contribution in [2.45, 2.75) is 25.8 Å². The fraction of sp³-hybridized carbons (Fsp3) is 0.562. The van der Waals surface area contributed by atoms with Gasteiger partial charge in [-0.05, 0) is 63.5 Å². The molecule has 1 saturated heterocycles. The summed E-state index contributed by atoms with van der Waals surface area (Å²) in [4.78, 5) is 2.43. The standard InChI is InChI=1S/C16H23N3/c1-13(16-5-3-14(11-17)4-6-16)19(2)12-15-7-9-18-10-8-15/h3-6,13,15,18H,7-10,12H2,1-2H3. The second kappa shape index (κ2) is 6.70. The molecule has 1 aliphatic heterocycles. The minimum absolute atomic E-state index is 0.405. The highest BCUT2D eigenvalue weighted by Crippen LogP contribution is 2.22. The number of hydrogen-bond donors (Lipinski definition) is 1. The normalized spacial score (nSPS) is 18.2. The van der Waals surface area contributed by atoms with E-state index in [1.807, 2.05) is 12.1 Å². The molecular weight excluding hydrogens is 234 g/mol. The van der Waals surface area contributed by atoms with Crippen LogP contribution in [-0.4, -0.2) is 31.6 Å². The van der Waals surface area contributed by atoms with E-state index in [2.05, 4.69) is 42.4 Å². The van der Waals surface area contributed by atoms with Gasteiger partial charge in [-0.2, -0.15) is 5.26 Å². The van der Waals surface area contributed by atoms with E-state index in [0.717, 1.165) is 31.1 Å². The average molecular weight is 257 g/mol. The molecule has 0 bridgehead atoms. The van der Waals surface area contributed by atoms with Crippen LogP contribution in [-0.2, 0) is 0 Å². The molecule has 0 saturated carbocycles. The lowest BCUT2D eigenvalue weighted by molar-refractivity contribution is 0.196. The Balaban J connectivity index is 1.93. The zero-order valence-corrected chi connectivity index (χ0v) is 11.9. The SMILES string of the molecule is CC(c1ccc(C#N)cc1)N(C)CC1CCNCC1. The Kier molecular flexibility index (Phi) is 4.95. The third-order valence-corrected chi connectivity index (χ3v) is 4.19. The predicted octanol–water partition coefficient (Wildman–Crippen LogP) is 2.55. The molecule has 1 heterocycles. The number of nitrogens with zero attached hydrogens (tertiary/aromatic N) is 2. The van der Waals surface area contributed by atoms with Gasteiger partial charge in [-0.15, -0.1) is 0 Å². The Morgan fingerprint density at radius 2 is 1.95 bits per heavy atom. The summed E-state index contributed by atoms with van der Waals surface area (Å²) in [5, 5.41) is 12.2. The van der Waals surface area contributed by atoms with Crippen molar-refractivity contribution < 1.29 is 0 Å². The highest BCUT2D eigenvalue weighted by Gasteiger charge is 2.18. The van der Waals surface area contributed by atoms with Crippen molar-refractivity contribution >= 4 is 0 Å². The zero-order valence-electron chi connectivity index (χ0n) is 11.9. The van der Waals surface area contributed by atoms with Crippen molar-refractivity contribution in [3.63, 3.8) is 0 Å². The van der Waals surface area contributed by atoms with Crippen molar-refractivity contribution in [3.8, 4) is 6.07 Å². The van der Waals surface area contributed by atoms with Gasteiger partial charge in [0, 0.05) is 12.6 Å². The summed E-state index contributed by atoms with van der Waals surface area (Å²) in [6.45, 7) is 5.71. The van der Waals surface area contributed by atoms with Gasteiger partial charge in [-0.3, -0.25) is 4.90 Å². The van der Waals surface area contributed by atoms with Gasteiger partial charge in [0.15, 0.2) is 0 Å². The van der Waals surface area contributed by atoms with Gasteiger partial charge < -0.3 is 5.32 Å². The maximum atomic E-state index is 8.83.